The summed E-state index contributed by atoms with van der Waals surface area (Å²) in [5.41, 5.74) is 1.44. The van der Waals surface area contributed by atoms with Crippen molar-refractivity contribution >= 4 is 27.5 Å². The fourth-order valence-electron chi connectivity index (χ4n) is 3.54. The van der Waals surface area contributed by atoms with Crippen molar-refractivity contribution in [1.82, 2.24) is 9.55 Å². The summed E-state index contributed by atoms with van der Waals surface area (Å²) in [5.74, 6) is 0.356. The maximum Gasteiger partial charge on any atom is 0.307 e. The highest BCUT2D eigenvalue weighted by molar-refractivity contribution is 7.18. The first-order chi connectivity index (χ1) is 11.8. The van der Waals surface area contributed by atoms with Gasteiger partial charge < -0.3 is 4.74 Å². The molecule has 0 saturated carbocycles. The van der Waals surface area contributed by atoms with Gasteiger partial charge >= 0.3 is 5.97 Å². The molecule has 6 heteroatoms. The topological polar surface area (TPSA) is 61.2 Å². The van der Waals surface area contributed by atoms with Crippen LogP contribution in [-0.4, -0.2) is 22.1 Å². The summed E-state index contributed by atoms with van der Waals surface area (Å²) >= 11 is 1.66. The predicted octanol–water partition coefficient (Wildman–Crippen LogP) is 3.56. The number of ether oxygens (including phenoxy) is 1. The SMILES string of the molecule is CCOC(=O)CCn1cnc2sc3c(c2c1=O)CCC(C(C)(C)C)C3. The Morgan fingerprint density at radius 1 is 1.44 bits per heavy atom. The van der Waals surface area contributed by atoms with Gasteiger partial charge in [0, 0.05) is 11.4 Å². The molecule has 3 rings (SSSR count). The molecule has 136 valence electrons. The number of aryl methyl sites for hydroxylation is 2. The Morgan fingerprint density at radius 3 is 2.88 bits per heavy atom. The molecule has 0 N–H and O–H groups in total. The van der Waals surface area contributed by atoms with E-state index in [0.717, 1.165) is 29.5 Å². The second-order valence-corrected chi connectivity index (χ2v) is 8.87. The Morgan fingerprint density at radius 2 is 2.20 bits per heavy atom. The molecule has 2 aromatic heterocycles. The number of aromatic nitrogens is 2. The van der Waals surface area contributed by atoms with Crippen LogP contribution < -0.4 is 5.56 Å². The zero-order chi connectivity index (χ0) is 18.2. The lowest BCUT2D eigenvalue weighted by Crippen LogP contribution is -2.27. The molecule has 0 aromatic carbocycles. The first-order valence-corrected chi connectivity index (χ1v) is 9.78. The molecule has 2 heterocycles. The number of fused-ring (bicyclic) bond motifs is 3. The number of nitrogens with zero attached hydrogens (tertiary/aromatic N) is 2. The highest BCUT2D eigenvalue weighted by Gasteiger charge is 2.31. The maximum atomic E-state index is 12.9. The molecule has 0 radical (unpaired) electrons. The highest BCUT2D eigenvalue weighted by atomic mass is 32.1. The molecule has 1 atom stereocenters. The van der Waals surface area contributed by atoms with Gasteiger partial charge in [0.05, 0.1) is 24.7 Å². The molecule has 0 aliphatic heterocycles. The van der Waals surface area contributed by atoms with E-state index in [1.165, 1.54) is 10.4 Å². The van der Waals surface area contributed by atoms with Gasteiger partial charge in [-0.2, -0.15) is 0 Å². The van der Waals surface area contributed by atoms with Crippen molar-refractivity contribution in [2.45, 2.75) is 59.9 Å². The van der Waals surface area contributed by atoms with Crippen LogP contribution in [0.1, 0.15) is 51.0 Å². The van der Waals surface area contributed by atoms with Crippen LogP contribution in [0.2, 0.25) is 0 Å². The quantitative estimate of drug-likeness (QED) is 0.780. The minimum absolute atomic E-state index is 0.0268. The lowest BCUT2D eigenvalue weighted by molar-refractivity contribution is -0.143. The molecule has 2 aromatic rings. The lowest BCUT2D eigenvalue weighted by atomic mass is 9.72. The Balaban J connectivity index is 1.90. The van der Waals surface area contributed by atoms with E-state index >= 15 is 0 Å². The molecule has 1 aliphatic carbocycles. The Labute approximate surface area is 152 Å². The van der Waals surface area contributed by atoms with Crippen LogP contribution in [0.4, 0.5) is 0 Å². The molecular formula is C19H26N2O3S. The van der Waals surface area contributed by atoms with Gasteiger partial charge in [-0.25, -0.2) is 4.98 Å². The summed E-state index contributed by atoms with van der Waals surface area (Å²) in [4.78, 5) is 31.1. The summed E-state index contributed by atoms with van der Waals surface area (Å²) in [6.07, 6.45) is 4.84. The van der Waals surface area contributed by atoms with E-state index in [1.807, 2.05) is 0 Å². The summed E-state index contributed by atoms with van der Waals surface area (Å²) in [5, 5.41) is 0.763. The number of carbonyl (C=O) groups excluding carboxylic acids is 1. The maximum absolute atomic E-state index is 12.9. The third-order valence-corrected chi connectivity index (χ3v) is 6.29. The Kier molecular flexibility index (Phi) is 5.00. The predicted molar refractivity (Wildman–Crippen MR) is 100 cm³/mol. The largest absolute Gasteiger partial charge is 0.466 e. The normalized spacial score (nSPS) is 17.5. The minimum atomic E-state index is -0.283. The highest BCUT2D eigenvalue weighted by Crippen LogP contribution is 2.41. The number of esters is 1. The number of rotatable bonds is 4. The monoisotopic (exact) mass is 362 g/mol. The molecule has 0 amide bonds. The zero-order valence-corrected chi connectivity index (χ0v) is 16.2. The van der Waals surface area contributed by atoms with E-state index in [2.05, 4.69) is 25.8 Å². The van der Waals surface area contributed by atoms with Gasteiger partial charge in [0.2, 0.25) is 0 Å². The summed E-state index contributed by atoms with van der Waals surface area (Å²) in [6, 6.07) is 0. The van der Waals surface area contributed by atoms with Gasteiger partial charge in [-0.05, 0) is 43.1 Å². The van der Waals surface area contributed by atoms with Gasteiger partial charge in [0.1, 0.15) is 4.83 Å². The lowest BCUT2D eigenvalue weighted by Gasteiger charge is -2.33. The second-order valence-electron chi connectivity index (χ2n) is 7.79. The zero-order valence-electron chi connectivity index (χ0n) is 15.4. The Hall–Kier alpha value is -1.69. The first kappa shape index (κ1) is 18.1. The molecular weight excluding hydrogens is 336 g/mol. The van der Waals surface area contributed by atoms with E-state index in [9.17, 15) is 9.59 Å². The number of carbonyl (C=O) groups is 1. The summed E-state index contributed by atoms with van der Waals surface area (Å²) < 4.78 is 6.48. The minimum Gasteiger partial charge on any atom is -0.466 e. The average molecular weight is 362 g/mol. The third kappa shape index (κ3) is 3.64. The fourth-order valence-corrected chi connectivity index (χ4v) is 4.80. The van der Waals surface area contributed by atoms with Crippen molar-refractivity contribution in [3.05, 3.63) is 27.1 Å². The van der Waals surface area contributed by atoms with Crippen LogP contribution in [0.25, 0.3) is 10.2 Å². The molecule has 5 nitrogen and oxygen atoms in total. The van der Waals surface area contributed by atoms with Crippen molar-refractivity contribution in [2.24, 2.45) is 11.3 Å². The molecule has 0 fully saturated rings. The van der Waals surface area contributed by atoms with Crippen molar-refractivity contribution in [1.29, 1.82) is 0 Å². The van der Waals surface area contributed by atoms with E-state index in [-0.39, 0.29) is 23.4 Å². The van der Waals surface area contributed by atoms with Crippen LogP contribution in [0.3, 0.4) is 0 Å². The number of hydrogen-bond donors (Lipinski definition) is 0. The van der Waals surface area contributed by atoms with Crippen molar-refractivity contribution < 1.29 is 9.53 Å². The van der Waals surface area contributed by atoms with Gasteiger partial charge in [0.15, 0.2) is 0 Å². The van der Waals surface area contributed by atoms with Crippen molar-refractivity contribution in [3.63, 3.8) is 0 Å². The van der Waals surface area contributed by atoms with Gasteiger partial charge in [-0.1, -0.05) is 20.8 Å². The average Bonchev–Trinajstić information content (AvgIpc) is 2.92. The second kappa shape index (κ2) is 6.90. The van der Waals surface area contributed by atoms with E-state index in [0.29, 0.717) is 19.1 Å². The van der Waals surface area contributed by atoms with Crippen LogP contribution in [0, 0.1) is 11.3 Å². The van der Waals surface area contributed by atoms with Gasteiger partial charge in [-0.3, -0.25) is 14.2 Å². The van der Waals surface area contributed by atoms with Crippen LogP contribution >= 0.6 is 11.3 Å². The molecule has 0 bridgehead atoms. The summed E-state index contributed by atoms with van der Waals surface area (Å²) in [6.45, 7) is 9.32. The fraction of sp³-hybridized carbons (Fsp3) is 0.632. The first-order valence-electron chi connectivity index (χ1n) is 8.96. The van der Waals surface area contributed by atoms with Crippen molar-refractivity contribution in [2.75, 3.05) is 6.61 Å². The molecule has 25 heavy (non-hydrogen) atoms. The van der Waals surface area contributed by atoms with Crippen LogP contribution in [-0.2, 0) is 28.9 Å². The third-order valence-electron chi connectivity index (χ3n) is 5.12. The smallest absolute Gasteiger partial charge is 0.307 e. The number of thiophene rings is 1. The van der Waals surface area contributed by atoms with Crippen LogP contribution in [0.5, 0.6) is 0 Å². The summed E-state index contributed by atoms with van der Waals surface area (Å²) in [7, 11) is 0. The standard InChI is InChI=1S/C19H26N2O3S/c1-5-24-15(22)8-9-21-11-20-17-16(18(21)23)13-7-6-12(19(2,3)4)10-14(13)25-17/h11-12H,5-10H2,1-4H3. The molecule has 0 spiro atoms. The van der Waals surface area contributed by atoms with Crippen molar-refractivity contribution in [3.8, 4) is 0 Å². The van der Waals surface area contributed by atoms with Crippen LogP contribution in [0.15, 0.2) is 11.1 Å². The van der Waals surface area contributed by atoms with E-state index < -0.39 is 0 Å². The van der Waals surface area contributed by atoms with Gasteiger partial charge in [0.25, 0.3) is 5.56 Å². The number of hydrogen-bond acceptors (Lipinski definition) is 5. The van der Waals surface area contributed by atoms with E-state index in [1.54, 1.807) is 29.2 Å². The molecule has 1 aliphatic rings. The van der Waals surface area contributed by atoms with E-state index in [4.69, 9.17) is 4.74 Å². The Bertz CT molecular complexity index is 845. The molecule has 0 saturated heterocycles. The van der Waals surface area contributed by atoms with Gasteiger partial charge in [-0.15, -0.1) is 11.3 Å². The molecule has 1 unspecified atom stereocenters.